The lowest BCUT2D eigenvalue weighted by Gasteiger charge is -2.24. The van der Waals surface area contributed by atoms with Gasteiger partial charge >= 0.3 is 0 Å². The highest BCUT2D eigenvalue weighted by atomic mass is 16.3. The normalized spacial score (nSPS) is 20.0. The van der Waals surface area contributed by atoms with E-state index in [0.717, 1.165) is 17.5 Å². The van der Waals surface area contributed by atoms with Gasteiger partial charge in [0.25, 0.3) is 5.91 Å². The standard InChI is InChI=1S/C17H17NO3/c19-14-6-3-5-13(10-14)16(20)18-11-17(21)9-8-12-4-1-2-7-15(12)17/h1-7,10,19,21H,8-9,11H2,(H,18,20). The highest BCUT2D eigenvalue weighted by Gasteiger charge is 2.36. The second-order valence-electron chi connectivity index (χ2n) is 5.42. The summed E-state index contributed by atoms with van der Waals surface area (Å²) in [5.41, 5.74) is 1.39. The fraction of sp³-hybridized carbons (Fsp3) is 0.235. The number of nitrogens with one attached hydrogen (secondary N) is 1. The van der Waals surface area contributed by atoms with Crippen LogP contribution in [-0.2, 0) is 12.0 Å². The lowest BCUT2D eigenvalue weighted by Crippen LogP contribution is -2.39. The van der Waals surface area contributed by atoms with E-state index in [1.54, 1.807) is 12.1 Å². The number of benzene rings is 2. The molecule has 3 rings (SSSR count). The van der Waals surface area contributed by atoms with Gasteiger partial charge in [0.05, 0.1) is 6.54 Å². The van der Waals surface area contributed by atoms with Gasteiger partial charge < -0.3 is 15.5 Å². The Labute approximate surface area is 123 Å². The first-order chi connectivity index (χ1) is 10.1. The van der Waals surface area contributed by atoms with Crippen molar-refractivity contribution in [3.8, 4) is 5.75 Å². The minimum atomic E-state index is -1.01. The van der Waals surface area contributed by atoms with Crippen LogP contribution in [0.15, 0.2) is 48.5 Å². The molecule has 1 aliphatic carbocycles. The maximum atomic E-state index is 12.1. The minimum absolute atomic E-state index is 0.0487. The number of phenols is 1. The third kappa shape index (κ3) is 2.62. The number of fused-ring (bicyclic) bond motifs is 1. The van der Waals surface area contributed by atoms with Crippen LogP contribution in [-0.4, -0.2) is 22.7 Å². The SMILES string of the molecule is O=C(NCC1(O)CCc2ccccc21)c1cccc(O)c1. The molecule has 1 atom stereocenters. The Morgan fingerprint density at radius 3 is 2.81 bits per heavy atom. The molecule has 2 aromatic rings. The molecule has 3 N–H and O–H groups in total. The number of amides is 1. The number of aliphatic hydroxyl groups is 1. The maximum Gasteiger partial charge on any atom is 0.251 e. The lowest BCUT2D eigenvalue weighted by atomic mass is 9.96. The zero-order chi connectivity index (χ0) is 14.9. The summed E-state index contributed by atoms with van der Waals surface area (Å²) in [6, 6.07) is 13.9. The van der Waals surface area contributed by atoms with Crippen molar-refractivity contribution >= 4 is 5.91 Å². The van der Waals surface area contributed by atoms with Gasteiger partial charge in [-0.1, -0.05) is 30.3 Å². The fourth-order valence-corrected chi connectivity index (χ4v) is 2.83. The monoisotopic (exact) mass is 283 g/mol. The van der Waals surface area contributed by atoms with Gasteiger partial charge in [-0.25, -0.2) is 0 Å². The Morgan fingerprint density at radius 2 is 2.00 bits per heavy atom. The number of rotatable bonds is 3. The van der Waals surface area contributed by atoms with Crippen molar-refractivity contribution in [2.75, 3.05) is 6.54 Å². The molecule has 0 heterocycles. The van der Waals surface area contributed by atoms with Crippen LogP contribution in [0.4, 0.5) is 0 Å². The van der Waals surface area contributed by atoms with E-state index in [2.05, 4.69) is 5.32 Å². The minimum Gasteiger partial charge on any atom is -0.508 e. The van der Waals surface area contributed by atoms with Crippen LogP contribution >= 0.6 is 0 Å². The predicted molar refractivity (Wildman–Crippen MR) is 79.1 cm³/mol. The largest absolute Gasteiger partial charge is 0.508 e. The third-order valence-electron chi connectivity index (χ3n) is 3.98. The van der Waals surface area contributed by atoms with Crippen LogP contribution in [0.1, 0.15) is 27.9 Å². The summed E-state index contributed by atoms with van der Waals surface area (Å²) < 4.78 is 0. The molecule has 21 heavy (non-hydrogen) atoms. The van der Waals surface area contributed by atoms with Crippen LogP contribution in [0.5, 0.6) is 5.75 Å². The topological polar surface area (TPSA) is 69.6 Å². The van der Waals surface area contributed by atoms with Gasteiger partial charge in [0, 0.05) is 5.56 Å². The molecule has 0 saturated carbocycles. The van der Waals surface area contributed by atoms with Crippen LogP contribution in [0.2, 0.25) is 0 Å². The van der Waals surface area contributed by atoms with Gasteiger partial charge in [0.1, 0.15) is 11.4 Å². The van der Waals surface area contributed by atoms with Crippen molar-refractivity contribution in [2.45, 2.75) is 18.4 Å². The maximum absolute atomic E-state index is 12.1. The van der Waals surface area contributed by atoms with Gasteiger partial charge in [0.2, 0.25) is 0 Å². The fourth-order valence-electron chi connectivity index (χ4n) is 2.83. The predicted octanol–water partition coefficient (Wildman–Crippen LogP) is 1.96. The number of carbonyl (C=O) groups is 1. The third-order valence-corrected chi connectivity index (χ3v) is 3.98. The molecule has 0 fully saturated rings. The number of hydrogen-bond acceptors (Lipinski definition) is 3. The van der Waals surface area contributed by atoms with Gasteiger partial charge in [-0.3, -0.25) is 4.79 Å². The van der Waals surface area contributed by atoms with E-state index in [-0.39, 0.29) is 18.2 Å². The highest BCUT2D eigenvalue weighted by molar-refractivity contribution is 5.94. The van der Waals surface area contributed by atoms with Crippen molar-refractivity contribution < 1.29 is 15.0 Å². The van der Waals surface area contributed by atoms with Crippen molar-refractivity contribution in [2.24, 2.45) is 0 Å². The summed E-state index contributed by atoms with van der Waals surface area (Å²) in [5.74, 6) is -0.253. The van der Waals surface area contributed by atoms with Gasteiger partial charge in [-0.05, 0) is 42.2 Å². The Morgan fingerprint density at radius 1 is 1.19 bits per heavy atom. The summed E-state index contributed by atoms with van der Waals surface area (Å²) in [7, 11) is 0. The van der Waals surface area contributed by atoms with Crippen LogP contribution < -0.4 is 5.32 Å². The van der Waals surface area contributed by atoms with Crippen LogP contribution in [0, 0.1) is 0 Å². The van der Waals surface area contributed by atoms with Crippen LogP contribution in [0.25, 0.3) is 0 Å². The van der Waals surface area contributed by atoms with E-state index in [0.29, 0.717) is 12.0 Å². The number of aryl methyl sites for hydroxylation is 1. The summed E-state index contributed by atoms with van der Waals surface area (Å²) in [6.07, 6.45) is 1.42. The second-order valence-corrected chi connectivity index (χ2v) is 5.42. The molecular weight excluding hydrogens is 266 g/mol. The van der Waals surface area contributed by atoms with Crippen molar-refractivity contribution in [1.82, 2.24) is 5.32 Å². The summed E-state index contributed by atoms with van der Waals surface area (Å²) >= 11 is 0. The van der Waals surface area contributed by atoms with Crippen LogP contribution in [0.3, 0.4) is 0 Å². The summed E-state index contributed by atoms with van der Waals surface area (Å²) in [6.45, 7) is 0.165. The van der Waals surface area contributed by atoms with Gasteiger partial charge in [0.15, 0.2) is 0 Å². The first-order valence-electron chi connectivity index (χ1n) is 6.96. The van der Waals surface area contributed by atoms with E-state index < -0.39 is 5.60 Å². The molecule has 1 aliphatic rings. The average molecular weight is 283 g/mol. The molecule has 2 aromatic carbocycles. The summed E-state index contributed by atoms with van der Waals surface area (Å²) in [4.78, 5) is 12.1. The molecule has 0 saturated heterocycles. The van der Waals surface area contributed by atoms with E-state index in [1.807, 2.05) is 24.3 Å². The molecule has 0 bridgehead atoms. The molecule has 0 spiro atoms. The van der Waals surface area contributed by atoms with E-state index in [9.17, 15) is 15.0 Å². The van der Waals surface area contributed by atoms with Crippen molar-refractivity contribution in [3.63, 3.8) is 0 Å². The smallest absolute Gasteiger partial charge is 0.251 e. The highest BCUT2D eigenvalue weighted by Crippen LogP contribution is 2.36. The Hall–Kier alpha value is -2.33. The molecule has 1 unspecified atom stereocenters. The molecule has 1 amide bonds. The number of carbonyl (C=O) groups excluding carboxylic acids is 1. The molecule has 0 radical (unpaired) electrons. The second kappa shape index (κ2) is 5.22. The number of aromatic hydroxyl groups is 1. The van der Waals surface area contributed by atoms with E-state index in [1.165, 1.54) is 12.1 Å². The van der Waals surface area contributed by atoms with E-state index in [4.69, 9.17) is 0 Å². The Bertz CT molecular complexity index is 683. The molecule has 108 valence electrons. The van der Waals surface area contributed by atoms with E-state index >= 15 is 0 Å². The van der Waals surface area contributed by atoms with Gasteiger partial charge in [-0.2, -0.15) is 0 Å². The molecule has 4 heteroatoms. The van der Waals surface area contributed by atoms with Crippen molar-refractivity contribution in [3.05, 3.63) is 65.2 Å². The number of hydrogen-bond donors (Lipinski definition) is 3. The Balaban J connectivity index is 1.72. The molecular formula is C17H17NO3. The first kappa shape index (κ1) is 13.6. The van der Waals surface area contributed by atoms with Crippen molar-refractivity contribution in [1.29, 1.82) is 0 Å². The zero-order valence-electron chi connectivity index (χ0n) is 11.5. The molecule has 0 aliphatic heterocycles. The average Bonchev–Trinajstić information content (AvgIpc) is 2.83. The molecule has 0 aromatic heterocycles. The Kier molecular flexibility index (Phi) is 3.39. The quantitative estimate of drug-likeness (QED) is 0.806. The van der Waals surface area contributed by atoms with Gasteiger partial charge in [-0.15, -0.1) is 0 Å². The summed E-state index contributed by atoms with van der Waals surface area (Å²) in [5, 5.41) is 22.9. The molecule has 4 nitrogen and oxygen atoms in total. The first-order valence-corrected chi connectivity index (χ1v) is 6.96. The number of phenolic OH excluding ortho intramolecular Hbond substituents is 1. The lowest BCUT2D eigenvalue weighted by molar-refractivity contribution is 0.0369. The zero-order valence-corrected chi connectivity index (χ0v) is 11.5.